The van der Waals surface area contributed by atoms with E-state index in [0.29, 0.717) is 28.2 Å². The zero-order chi connectivity index (χ0) is 14.9. The second kappa shape index (κ2) is 6.01. The predicted molar refractivity (Wildman–Crippen MR) is 83.9 cm³/mol. The molecular weight excluding hydrogens is 318 g/mol. The fourth-order valence-electron chi connectivity index (χ4n) is 2.23. The molecule has 0 spiro atoms. The van der Waals surface area contributed by atoms with Gasteiger partial charge in [0.1, 0.15) is 5.84 Å². The summed E-state index contributed by atoms with van der Waals surface area (Å²) in [5.41, 5.74) is 0.424. The number of thiophene rings is 1. The minimum absolute atomic E-state index is 0.121. The molecule has 0 aromatic carbocycles. The SMILES string of the molecule is CCCC(C)CCC1=NS(=O)(=O)c2sc(Cl)cc2N1N. The molecule has 1 atom stereocenters. The summed E-state index contributed by atoms with van der Waals surface area (Å²) in [5.74, 6) is 6.88. The van der Waals surface area contributed by atoms with Gasteiger partial charge >= 0.3 is 0 Å². The van der Waals surface area contributed by atoms with Crippen molar-refractivity contribution in [2.24, 2.45) is 16.2 Å². The Morgan fingerprint density at radius 2 is 2.20 bits per heavy atom. The first-order valence-electron chi connectivity index (χ1n) is 6.53. The maximum atomic E-state index is 12.1. The summed E-state index contributed by atoms with van der Waals surface area (Å²) < 4.78 is 28.5. The van der Waals surface area contributed by atoms with Crippen molar-refractivity contribution in [3.8, 4) is 0 Å². The topological polar surface area (TPSA) is 75.8 Å². The summed E-state index contributed by atoms with van der Waals surface area (Å²) in [7, 11) is -3.66. The van der Waals surface area contributed by atoms with Gasteiger partial charge in [0.05, 0.1) is 10.0 Å². The number of anilines is 1. The van der Waals surface area contributed by atoms with Crippen LogP contribution in [0.5, 0.6) is 0 Å². The zero-order valence-electron chi connectivity index (χ0n) is 11.5. The van der Waals surface area contributed by atoms with E-state index in [9.17, 15) is 8.42 Å². The molecule has 0 saturated heterocycles. The summed E-state index contributed by atoms with van der Waals surface area (Å²) in [4.78, 5) is 0. The van der Waals surface area contributed by atoms with E-state index in [4.69, 9.17) is 17.4 Å². The highest BCUT2D eigenvalue weighted by molar-refractivity contribution is 7.92. The Hall–Kier alpha value is -0.630. The molecule has 20 heavy (non-hydrogen) atoms. The molecule has 0 radical (unpaired) electrons. The van der Waals surface area contributed by atoms with Gasteiger partial charge in [-0.1, -0.05) is 38.3 Å². The lowest BCUT2D eigenvalue weighted by Gasteiger charge is -2.24. The lowest BCUT2D eigenvalue weighted by Crippen LogP contribution is -2.40. The Bertz CT molecular complexity index is 625. The molecule has 1 aromatic rings. The molecule has 2 heterocycles. The first kappa shape index (κ1) is 15.8. The van der Waals surface area contributed by atoms with Crippen LogP contribution >= 0.6 is 22.9 Å². The number of hydrazine groups is 1. The number of halogens is 1. The van der Waals surface area contributed by atoms with Gasteiger partial charge in [-0.15, -0.1) is 15.7 Å². The van der Waals surface area contributed by atoms with Crippen LogP contribution in [-0.2, 0) is 10.0 Å². The Kier molecular flexibility index (Phi) is 4.73. The lowest BCUT2D eigenvalue weighted by molar-refractivity contribution is 0.494. The molecule has 1 aliphatic heterocycles. The van der Waals surface area contributed by atoms with Crippen molar-refractivity contribution in [1.29, 1.82) is 0 Å². The van der Waals surface area contributed by atoms with Crippen molar-refractivity contribution >= 4 is 44.5 Å². The molecule has 0 fully saturated rings. The Morgan fingerprint density at radius 1 is 1.50 bits per heavy atom. The van der Waals surface area contributed by atoms with Crippen LogP contribution in [-0.4, -0.2) is 14.3 Å². The average molecular weight is 336 g/mol. The molecule has 1 unspecified atom stereocenters. The largest absolute Gasteiger partial charge is 0.295 e. The number of hydrogen-bond donors (Lipinski definition) is 1. The minimum atomic E-state index is -3.66. The van der Waals surface area contributed by atoms with E-state index in [1.807, 2.05) is 0 Å². The van der Waals surface area contributed by atoms with Crippen LogP contribution in [0.15, 0.2) is 14.7 Å². The van der Waals surface area contributed by atoms with Gasteiger partial charge < -0.3 is 0 Å². The van der Waals surface area contributed by atoms with E-state index in [0.717, 1.165) is 30.6 Å². The van der Waals surface area contributed by atoms with Crippen LogP contribution < -0.4 is 10.9 Å². The minimum Gasteiger partial charge on any atom is -0.263 e. The van der Waals surface area contributed by atoms with Crippen LogP contribution in [0.3, 0.4) is 0 Å². The number of amidine groups is 1. The third kappa shape index (κ3) is 3.16. The molecule has 112 valence electrons. The van der Waals surface area contributed by atoms with E-state index in [-0.39, 0.29) is 4.21 Å². The molecule has 2 rings (SSSR count). The number of fused-ring (bicyclic) bond motifs is 1. The van der Waals surface area contributed by atoms with Gasteiger partial charge in [0.15, 0.2) is 4.21 Å². The third-order valence-electron chi connectivity index (χ3n) is 3.29. The van der Waals surface area contributed by atoms with E-state index < -0.39 is 10.0 Å². The highest BCUT2D eigenvalue weighted by Crippen LogP contribution is 2.40. The monoisotopic (exact) mass is 335 g/mol. The van der Waals surface area contributed by atoms with Gasteiger partial charge in [-0.05, 0) is 18.4 Å². The molecule has 0 aliphatic carbocycles. The molecule has 1 aliphatic rings. The normalized spacial score (nSPS) is 18.6. The van der Waals surface area contributed by atoms with E-state index in [1.54, 1.807) is 6.07 Å². The second-order valence-electron chi connectivity index (χ2n) is 5.01. The van der Waals surface area contributed by atoms with E-state index >= 15 is 0 Å². The number of sulfonamides is 1. The molecule has 0 saturated carbocycles. The lowest BCUT2D eigenvalue weighted by atomic mass is 10.00. The first-order chi connectivity index (χ1) is 9.35. The molecule has 1 aromatic heterocycles. The highest BCUT2D eigenvalue weighted by atomic mass is 35.5. The molecule has 8 heteroatoms. The van der Waals surface area contributed by atoms with Crippen molar-refractivity contribution in [3.63, 3.8) is 0 Å². The number of nitrogens with zero attached hydrogens (tertiary/aromatic N) is 2. The predicted octanol–water partition coefficient (Wildman–Crippen LogP) is 3.40. The Labute approximate surface area is 128 Å². The quantitative estimate of drug-likeness (QED) is 0.837. The molecular formula is C12H18ClN3O2S2. The summed E-state index contributed by atoms with van der Waals surface area (Å²) >= 11 is 6.87. The summed E-state index contributed by atoms with van der Waals surface area (Å²) in [5, 5.41) is 1.34. The van der Waals surface area contributed by atoms with Crippen molar-refractivity contribution in [3.05, 3.63) is 10.4 Å². The molecule has 5 nitrogen and oxygen atoms in total. The second-order valence-corrected chi connectivity index (χ2v) is 8.49. The zero-order valence-corrected chi connectivity index (χ0v) is 13.9. The maximum absolute atomic E-state index is 12.1. The number of nitrogens with two attached hydrogens (primary N) is 1. The standard InChI is InChI=1S/C12H18ClN3O2S2/c1-3-4-8(2)5-6-11-15-20(17,18)12-9(16(11)14)7-10(13)19-12/h7-8H,3-6,14H2,1-2H3. The third-order valence-corrected chi connectivity index (χ3v) is 6.35. The van der Waals surface area contributed by atoms with Crippen LogP contribution in [0.2, 0.25) is 4.34 Å². The van der Waals surface area contributed by atoms with Gasteiger partial charge in [0.25, 0.3) is 10.0 Å². The first-order valence-corrected chi connectivity index (χ1v) is 9.16. The van der Waals surface area contributed by atoms with Gasteiger partial charge in [-0.25, -0.2) is 5.84 Å². The van der Waals surface area contributed by atoms with Gasteiger partial charge in [-0.3, -0.25) is 5.01 Å². The van der Waals surface area contributed by atoms with Crippen molar-refractivity contribution < 1.29 is 8.42 Å². The molecule has 2 N–H and O–H groups in total. The summed E-state index contributed by atoms with van der Waals surface area (Å²) in [6, 6.07) is 1.57. The van der Waals surface area contributed by atoms with Gasteiger partial charge in [0, 0.05) is 6.42 Å². The molecule has 0 bridgehead atoms. The Balaban J connectivity index is 2.21. The number of hydrogen-bond acceptors (Lipinski definition) is 5. The highest BCUT2D eigenvalue weighted by Gasteiger charge is 2.31. The molecule has 0 amide bonds. The van der Waals surface area contributed by atoms with Gasteiger partial charge in [0.2, 0.25) is 0 Å². The fourth-order valence-corrected chi connectivity index (χ4v) is 5.08. The van der Waals surface area contributed by atoms with E-state index in [2.05, 4.69) is 18.2 Å². The van der Waals surface area contributed by atoms with Gasteiger partial charge in [-0.2, -0.15) is 8.42 Å². The van der Waals surface area contributed by atoms with Crippen LogP contribution in [0.4, 0.5) is 5.69 Å². The van der Waals surface area contributed by atoms with Crippen LogP contribution in [0.25, 0.3) is 0 Å². The Morgan fingerprint density at radius 3 is 2.85 bits per heavy atom. The van der Waals surface area contributed by atoms with Crippen LogP contribution in [0.1, 0.15) is 39.5 Å². The summed E-state index contributed by atoms with van der Waals surface area (Å²) in [6.07, 6.45) is 3.63. The van der Waals surface area contributed by atoms with Crippen molar-refractivity contribution in [1.82, 2.24) is 0 Å². The fraction of sp³-hybridized carbons (Fsp3) is 0.583. The smallest absolute Gasteiger partial charge is 0.263 e. The van der Waals surface area contributed by atoms with Crippen molar-refractivity contribution in [2.75, 3.05) is 5.01 Å². The van der Waals surface area contributed by atoms with E-state index in [1.165, 1.54) is 5.01 Å². The number of rotatable bonds is 5. The maximum Gasteiger partial charge on any atom is 0.295 e. The van der Waals surface area contributed by atoms with Crippen molar-refractivity contribution in [2.45, 2.75) is 43.7 Å². The average Bonchev–Trinajstić information content (AvgIpc) is 2.76. The van der Waals surface area contributed by atoms with Crippen LogP contribution in [0, 0.1) is 5.92 Å². The summed E-state index contributed by atoms with van der Waals surface area (Å²) in [6.45, 7) is 4.28.